The zero-order valence-corrected chi connectivity index (χ0v) is 11.5. The first-order chi connectivity index (χ1) is 8.61. The number of nitro groups is 1. The van der Waals surface area contributed by atoms with Crippen LogP contribution in [0.15, 0.2) is 18.2 Å². The largest absolute Gasteiger partial charge is 0.387 e. The van der Waals surface area contributed by atoms with Crippen LogP contribution >= 0.6 is 0 Å². The van der Waals surface area contributed by atoms with Gasteiger partial charge in [-0.3, -0.25) is 10.1 Å². The molecule has 0 saturated heterocycles. The minimum atomic E-state index is -0.946. The molecule has 0 radical (unpaired) electrons. The van der Waals surface area contributed by atoms with Gasteiger partial charge in [-0.15, -0.1) is 0 Å². The summed E-state index contributed by atoms with van der Waals surface area (Å²) in [6, 6.07) is 3.11. The van der Waals surface area contributed by atoms with Crippen molar-refractivity contribution in [2.24, 2.45) is 0 Å². The summed E-state index contributed by atoms with van der Waals surface area (Å²) in [4.78, 5) is 9.87. The van der Waals surface area contributed by atoms with E-state index in [1.165, 1.54) is 6.07 Å². The third kappa shape index (κ3) is 4.25. The smallest absolute Gasteiger partial charge is 0.305 e. The highest BCUT2D eigenvalue weighted by atomic mass is 19.1. The lowest BCUT2D eigenvalue weighted by Crippen LogP contribution is -2.44. The summed E-state index contributed by atoms with van der Waals surface area (Å²) in [5.41, 5.74) is -0.510. The van der Waals surface area contributed by atoms with Crippen LogP contribution < -0.4 is 5.32 Å². The predicted octanol–water partition coefficient (Wildman–Crippen LogP) is 2.54. The van der Waals surface area contributed by atoms with Crippen molar-refractivity contribution in [2.45, 2.75) is 45.4 Å². The summed E-state index contributed by atoms with van der Waals surface area (Å²) in [5, 5.41) is 24.0. The summed E-state index contributed by atoms with van der Waals surface area (Å²) in [6.45, 7) is 7.61. The van der Waals surface area contributed by atoms with Gasteiger partial charge in [-0.1, -0.05) is 6.07 Å². The normalized spacial score (nSPS) is 15.1. The van der Waals surface area contributed by atoms with Crippen LogP contribution in [-0.4, -0.2) is 21.6 Å². The van der Waals surface area contributed by atoms with Gasteiger partial charge in [0.1, 0.15) is 0 Å². The Balaban J connectivity index is 2.97. The molecule has 0 aliphatic carbocycles. The van der Waals surface area contributed by atoms with Crippen LogP contribution in [0, 0.1) is 15.9 Å². The van der Waals surface area contributed by atoms with E-state index in [2.05, 4.69) is 5.32 Å². The Bertz CT molecular complexity index is 471. The summed E-state index contributed by atoms with van der Waals surface area (Å²) >= 11 is 0. The molecule has 2 unspecified atom stereocenters. The Morgan fingerprint density at radius 3 is 2.47 bits per heavy atom. The molecule has 1 aromatic rings. The van der Waals surface area contributed by atoms with Gasteiger partial charge in [0.25, 0.3) is 0 Å². The summed E-state index contributed by atoms with van der Waals surface area (Å²) in [5.74, 6) is -0.905. The molecule has 0 amide bonds. The molecule has 5 nitrogen and oxygen atoms in total. The maximum absolute atomic E-state index is 13.2. The van der Waals surface area contributed by atoms with Gasteiger partial charge < -0.3 is 10.4 Å². The Hall–Kier alpha value is -1.53. The van der Waals surface area contributed by atoms with E-state index in [1.54, 1.807) is 6.92 Å². The summed E-state index contributed by atoms with van der Waals surface area (Å²) < 4.78 is 13.2. The van der Waals surface area contributed by atoms with Crippen molar-refractivity contribution >= 4 is 5.69 Å². The SMILES string of the molecule is CC(NC(C)(C)C)C(O)c1ccc(F)c([N+](=O)[O-])c1. The van der Waals surface area contributed by atoms with Crippen molar-refractivity contribution in [2.75, 3.05) is 0 Å². The second-order valence-electron chi connectivity index (χ2n) is 5.60. The fourth-order valence-electron chi connectivity index (χ4n) is 1.90. The van der Waals surface area contributed by atoms with E-state index in [-0.39, 0.29) is 11.6 Å². The third-order valence-corrected chi connectivity index (χ3v) is 2.64. The Morgan fingerprint density at radius 1 is 1.42 bits per heavy atom. The second kappa shape index (κ2) is 5.63. The zero-order valence-electron chi connectivity index (χ0n) is 11.5. The van der Waals surface area contributed by atoms with E-state index < -0.39 is 22.5 Å². The third-order valence-electron chi connectivity index (χ3n) is 2.64. The molecule has 0 spiro atoms. The summed E-state index contributed by atoms with van der Waals surface area (Å²) in [6.07, 6.45) is -0.946. The van der Waals surface area contributed by atoms with Crippen LogP contribution in [0.5, 0.6) is 0 Å². The number of rotatable bonds is 4. The second-order valence-corrected chi connectivity index (χ2v) is 5.60. The average Bonchev–Trinajstić information content (AvgIpc) is 2.26. The number of benzene rings is 1. The van der Waals surface area contributed by atoms with E-state index >= 15 is 0 Å². The maximum atomic E-state index is 13.2. The number of nitrogens with zero attached hydrogens (tertiary/aromatic N) is 1. The molecule has 0 aliphatic heterocycles. The van der Waals surface area contributed by atoms with Crippen LogP contribution in [-0.2, 0) is 0 Å². The van der Waals surface area contributed by atoms with Gasteiger partial charge in [-0.05, 0) is 39.3 Å². The minimum Gasteiger partial charge on any atom is -0.387 e. The molecule has 19 heavy (non-hydrogen) atoms. The average molecular weight is 270 g/mol. The van der Waals surface area contributed by atoms with Gasteiger partial charge in [0.15, 0.2) is 0 Å². The fourth-order valence-corrected chi connectivity index (χ4v) is 1.90. The topological polar surface area (TPSA) is 75.4 Å². The molecular formula is C13H19FN2O3. The lowest BCUT2D eigenvalue weighted by Gasteiger charge is -2.29. The molecule has 1 aromatic carbocycles. The molecular weight excluding hydrogens is 251 g/mol. The molecule has 0 heterocycles. The van der Waals surface area contributed by atoms with Gasteiger partial charge in [0.2, 0.25) is 5.82 Å². The first-order valence-corrected chi connectivity index (χ1v) is 6.01. The Morgan fingerprint density at radius 2 is 2.00 bits per heavy atom. The lowest BCUT2D eigenvalue weighted by molar-refractivity contribution is -0.387. The molecule has 0 bridgehead atoms. The number of nitro benzene ring substituents is 1. The van der Waals surface area contributed by atoms with Gasteiger partial charge in [0, 0.05) is 17.6 Å². The molecule has 2 N–H and O–H groups in total. The number of aliphatic hydroxyl groups is 1. The van der Waals surface area contributed by atoms with Crippen LogP contribution in [0.4, 0.5) is 10.1 Å². The number of halogens is 1. The lowest BCUT2D eigenvalue weighted by atomic mass is 9.99. The predicted molar refractivity (Wildman–Crippen MR) is 70.4 cm³/mol. The van der Waals surface area contributed by atoms with Crippen molar-refractivity contribution in [1.82, 2.24) is 5.32 Å². The van der Waals surface area contributed by atoms with E-state index in [4.69, 9.17) is 0 Å². The highest BCUT2D eigenvalue weighted by Crippen LogP contribution is 2.25. The minimum absolute atomic E-state index is 0.202. The molecule has 0 fully saturated rings. The monoisotopic (exact) mass is 270 g/mol. The van der Waals surface area contributed by atoms with Crippen LogP contribution in [0.25, 0.3) is 0 Å². The van der Waals surface area contributed by atoms with E-state index in [1.807, 2.05) is 20.8 Å². The van der Waals surface area contributed by atoms with E-state index in [0.29, 0.717) is 5.56 Å². The molecule has 106 valence electrons. The van der Waals surface area contributed by atoms with Crippen molar-refractivity contribution in [3.05, 3.63) is 39.7 Å². The molecule has 0 aliphatic rings. The van der Waals surface area contributed by atoms with Gasteiger partial charge in [0.05, 0.1) is 11.0 Å². The first kappa shape index (κ1) is 15.5. The van der Waals surface area contributed by atoms with Crippen molar-refractivity contribution in [3.8, 4) is 0 Å². The number of hydrogen-bond donors (Lipinski definition) is 2. The highest BCUT2D eigenvalue weighted by molar-refractivity contribution is 5.37. The van der Waals surface area contributed by atoms with E-state index in [9.17, 15) is 19.6 Å². The first-order valence-electron chi connectivity index (χ1n) is 6.01. The van der Waals surface area contributed by atoms with Crippen molar-refractivity contribution in [3.63, 3.8) is 0 Å². The van der Waals surface area contributed by atoms with Crippen LogP contribution in [0.1, 0.15) is 39.4 Å². The quantitative estimate of drug-likeness (QED) is 0.651. The van der Waals surface area contributed by atoms with Crippen LogP contribution in [0.3, 0.4) is 0 Å². The van der Waals surface area contributed by atoms with Gasteiger partial charge in [-0.2, -0.15) is 4.39 Å². The zero-order chi connectivity index (χ0) is 14.8. The molecule has 1 rings (SSSR count). The number of hydrogen-bond acceptors (Lipinski definition) is 4. The van der Waals surface area contributed by atoms with E-state index in [0.717, 1.165) is 12.1 Å². The van der Waals surface area contributed by atoms with Gasteiger partial charge in [-0.25, -0.2) is 0 Å². The molecule has 6 heteroatoms. The number of nitrogens with one attached hydrogen (secondary N) is 1. The highest BCUT2D eigenvalue weighted by Gasteiger charge is 2.24. The van der Waals surface area contributed by atoms with Gasteiger partial charge >= 0.3 is 5.69 Å². The summed E-state index contributed by atoms with van der Waals surface area (Å²) in [7, 11) is 0. The standard InChI is InChI=1S/C13H19FN2O3/c1-8(15-13(2,3)4)12(17)9-5-6-10(14)11(7-9)16(18)19/h5-8,12,15,17H,1-4H3. The Labute approximate surface area is 111 Å². The van der Waals surface area contributed by atoms with Crippen molar-refractivity contribution in [1.29, 1.82) is 0 Å². The fraction of sp³-hybridized carbons (Fsp3) is 0.538. The molecule has 0 saturated carbocycles. The Kier molecular flexibility index (Phi) is 4.60. The van der Waals surface area contributed by atoms with Crippen molar-refractivity contribution < 1.29 is 14.4 Å². The maximum Gasteiger partial charge on any atom is 0.305 e. The molecule has 2 atom stereocenters. The number of aliphatic hydroxyl groups excluding tert-OH is 1. The van der Waals surface area contributed by atoms with Crippen LogP contribution in [0.2, 0.25) is 0 Å². The molecule has 0 aromatic heterocycles.